The number of carboxylic acid groups (broad SMARTS) is 1. The Morgan fingerprint density at radius 1 is 1.56 bits per heavy atom. The molecule has 1 N–H and O–H groups in total. The molecule has 0 amide bonds. The van der Waals surface area contributed by atoms with Crippen molar-refractivity contribution in [2.45, 2.75) is 32.9 Å². The van der Waals surface area contributed by atoms with Crippen molar-refractivity contribution in [2.75, 3.05) is 18.1 Å². The van der Waals surface area contributed by atoms with Crippen molar-refractivity contribution >= 4 is 11.9 Å². The van der Waals surface area contributed by atoms with Crippen LogP contribution < -0.4 is 4.90 Å². The van der Waals surface area contributed by atoms with Crippen LogP contribution in [0.1, 0.15) is 29.9 Å². The number of aromatic nitrogens is 2. The Balaban J connectivity index is 2.28. The van der Waals surface area contributed by atoms with Crippen LogP contribution in [0.4, 0.5) is 5.95 Å². The van der Waals surface area contributed by atoms with Gasteiger partial charge in [-0.05, 0) is 20.8 Å². The fraction of sp³-hybridized carbons (Fsp3) is 0.583. The van der Waals surface area contributed by atoms with Crippen LogP contribution in [0.2, 0.25) is 0 Å². The van der Waals surface area contributed by atoms with Gasteiger partial charge >= 0.3 is 5.97 Å². The van der Waals surface area contributed by atoms with Gasteiger partial charge in [0, 0.05) is 12.7 Å². The van der Waals surface area contributed by atoms with E-state index in [9.17, 15) is 4.79 Å². The first-order chi connectivity index (χ1) is 8.49. The molecule has 1 fully saturated rings. The summed E-state index contributed by atoms with van der Waals surface area (Å²) < 4.78 is 5.54. The number of morpholine rings is 1. The SMILES string of the molecule is Cc1nc(N2CC(C)OCC2C)ncc1C(=O)O. The van der Waals surface area contributed by atoms with Gasteiger partial charge in [-0.3, -0.25) is 0 Å². The predicted octanol–water partition coefficient (Wildman–Crippen LogP) is 1.10. The highest BCUT2D eigenvalue weighted by atomic mass is 16.5. The van der Waals surface area contributed by atoms with Crippen LogP contribution in [0.3, 0.4) is 0 Å². The minimum absolute atomic E-state index is 0.129. The smallest absolute Gasteiger partial charge is 0.339 e. The third-order valence-electron chi connectivity index (χ3n) is 3.06. The van der Waals surface area contributed by atoms with Gasteiger partial charge in [0.15, 0.2) is 0 Å². The summed E-state index contributed by atoms with van der Waals surface area (Å²) >= 11 is 0. The van der Waals surface area contributed by atoms with Crippen LogP contribution in [-0.4, -0.2) is 46.3 Å². The van der Waals surface area contributed by atoms with Crippen LogP contribution in [0.25, 0.3) is 0 Å². The lowest BCUT2D eigenvalue weighted by Crippen LogP contribution is -2.48. The number of anilines is 1. The van der Waals surface area contributed by atoms with Gasteiger partial charge < -0.3 is 14.7 Å². The maximum atomic E-state index is 10.9. The molecule has 0 spiro atoms. The number of rotatable bonds is 2. The molecule has 1 aromatic heterocycles. The fourth-order valence-corrected chi connectivity index (χ4v) is 1.99. The van der Waals surface area contributed by atoms with Crippen molar-refractivity contribution in [3.05, 3.63) is 17.5 Å². The summed E-state index contributed by atoms with van der Waals surface area (Å²) in [5.41, 5.74) is 0.631. The van der Waals surface area contributed by atoms with Gasteiger partial charge in [0.25, 0.3) is 0 Å². The lowest BCUT2D eigenvalue weighted by Gasteiger charge is -2.36. The second-order valence-corrected chi connectivity index (χ2v) is 4.62. The number of aromatic carboxylic acids is 1. The molecule has 0 aromatic carbocycles. The van der Waals surface area contributed by atoms with Crippen LogP contribution >= 0.6 is 0 Å². The van der Waals surface area contributed by atoms with E-state index in [1.165, 1.54) is 6.20 Å². The number of carboxylic acids is 1. The molecule has 6 nitrogen and oxygen atoms in total. The molecule has 0 aliphatic carbocycles. The second-order valence-electron chi connectivity index (χ2n) is 4.62. The molecule has 1 aliphatic heterocycles. The molecule has 2 heterocycles. The Morgan fingerprint density at radius 3 is 2.89 bits per heavy atom. The summed E-state index contributed by atoms with van der Waals surface area (Å²) in [4.78, 5) is 21.4. The van der Waals surface area contributed by atoms with Crippen molar-refractivity contribution < 1.29 is 14.6 Å². The number of carbonyl (C=O) groups is 1. The van der Waals surface area contributed by atoms with Gasteiger partial charge in [0.1, 0.15) is 0 Å². The highest BCUT2D eigenvalue weighted by Gasteiger charge is 2.26. The lowest BCUT2D eigenvalue weighted by molar-refractivity contribution is 0.0336. The number of nitrogens with zero attached hydrogens (tertiary/aromatic N) is 3. The maximum Gasteiger partial charge on any atom is 0.339 e. The van der Waals surface area contributed by atoms with E-state index < -0.39 is 5.97 Å². The van der Waals surface area contributed by atoms with Crippen LogP contribution in [0.5, 0.6) is 0 Å². The van der Waals surface area contributed by atoms with E-state index >= 15 is 0 Å². The fourth-order valence-electron chi connectivity index (χ4n) is 1.99. The molecule has 2 rings (SSSR count). The maximum absolute atomic E-state index is 10.9. The summed E-state index contributed by atoms with van der Waals surface area (Å²) in [6, 6.07) is 0.191. The summed E-state index contributed by atoms with van der Waals surface area (Å²) in [6.45, 7) is 7.06. The van der Waals surface area contributed by atoms with E-state index in [0.717, 1.165) is 0 Å². The van der Waals surface area contributed by atoms with Gasteiger partial charge in [-0.25, -0.2) is 14.8 Å². The first-order valence-electron chi connectivity index (χ1n) is 5.94. The Morgan fingerprint density at radius 2 is 2.28 bits per heavy atom. The average molecular weight is 251 g/mol. The molecule has 0 bridgehead atoms. The first-order valence-corrected chi connectivity index (χ1v) is 5.94. The molecule has 6 heteroatoms. The van der Waals surface area contributed by atoms with Gasteiger partial charge in [-0.1, -0.05) is 0 Å². The Labute approximate surface area is 106 Å². The molecule has 1 aliphatic rings. The van der Waals surface area contributed by atoms with E-state index in [-0.39, 0.29) is 17.7 Å². The van der Waals surface area contributed by atoms with Crippen LogP contribution in [-0.2, 0) is 4.74 Å². The van der Waals surface area contributed by atoms with Crippen LogP contribution in [0, 0.1) is 6.92 Å². The summed E-state index contributed by atoms with van der Waals surface area (Å²) in [6.07, 6.45) is 1.50. The standard InChI is InChI=1S/C12H17N3O3/c1-7-6-18-8(2)5-15(7)12-13-4-10(11(16)17)9(3)14-12/h4,7-8H,5-6H2,1-3H3,(H,16,17). The second kappa shape index (κ2) is 4.89. The quantitative estimate of drug-likeness (QED) is 0.848. The third kappa shape index (κ3) is 2.43. The molecular weight excluding hydrogens is 234 g/mol. The van der Waals surface area contributed by atoms with E-state index in [4.69, 9.17) is 9.84 Å². The van der Waals surface area contributed by atoms with Crippen molar-refractivity contribution in [3.8, 4) is 0 Å². The number of ether oxygens (including phenoxy) is 1. The van der Waals surface area contributed by atoms with Crippen LogP contribution in [0.15, 0.2) is 6.20 Å². The molecule has 0 saturated carbocycles. The summed E-state index contributed by atoms with van der Waals surface area (Å²) in [5, 5.41) is 8.95. The zero-order valence-corrected chi connectivity index (χ0v) is 10.8. The highest BCUT2D eigenvalue weighted by Crippen LogP contribution is 2.18. The van der Waals surface area contributed by atoms with Crippen molar-refractivity contribution in [3.63, 3.8) is 0 Å². The van der Waals surface area contributed by atoms with E-state index in [0.29, 0.717) is 24.8 Å². The molecule has 1 saturated heterocycles. The first kappa shape index (κ1) is 12.8. The van der Waals surface area contributed by atoms with E-state index in [2.05, 4.69) is 9.97 Å². The Bertz CT molecular complexity index is 464. The third-order valence-corrected chi connectivity index (χ3v) is 3.06. The molecular formula is C12H17N3O3. The summed E-state index contributed by atoms with van der Waals surface area (Å²) in [7, 11) is 0. The molecule has 2 atom stereocenters. The summed E-state index contributed by atoms with van der Waals surface area (Å²) in [5.74, 6) is -0.428. The van der Waals surface area contributed by atoms with Gasteiger partial charge in [0.2, 0.25) is 5.95 Å². The largest absolute Gasteiger partial charge is 0.478 e. The Hall–Kier alpha value is -1.69. The normalized spacial score (nSPS) is 24.1. The molecule has 98 valence electrons. The highest BCUT2D eigenvalue weighted by molar-refractivity contribution is 5.88. The van der Waals surface area contributed by atoms with Crippen molar-refractivity contribution in [2.24, 2.45) is 0 Å². The van der Waals surface area contributed by atoms with E-state index in [1.807, 2.05) is 18.7 Å². The minimum atomic E-state index is -0.998. The zero-order valence-electron chi connectivity index (χ0n) is 10.8. The topological polar surface area (TPSA) is 75.5 Å². The Kier molecular flexibility index (Phi) is 3.47. The van der Waals surface area contributed by atoms with E-state index in [1.54, 1.807) is 6.92 Å². The van der Waals surface area contributed by atoms with Crippen molar-refractivity contribution in [1.82, 2.24) is 9.97 Å². The number of aryl methyl sites for hydroxylation is 1. The zero-order chi connectivity index (χ0) is 13.3. The minimum Gasteiger partial charge on any atom is -0.478 e. The van der Waals surface area contributed by atoms with Gasteiger partial charge in [-0.15, -0.1) is 0 Å². The molecule has 0 radical (unpaired) electrons. The van der Waals surface area contributed by atoms with Crippen molar-refractivity contribution in [1.29, 1.82) is 0 Å². The molecule has 1 aromatic rings. The number of hydrogen-bond acceptors (Lipinski definition) is 5. The predicted molar refractivity (Wildman–Crippen MR) is 66.0 cm³/mol. The average Bonchev–Trinajstić information content (AvgIpc) is 2.31. The monoisotopic (exact) mass is 251 g/mol. The van der Waals surface area contributed by atoms with Gasteiger partial charge in [-0.2, -0.15) is 0 Å². The lowest BCUT2D eigenvalue weighted by atomic mass is 10.2. The molecule has 18 heavy (non-hydrogen) atoms. The van der Waals surface area contributed by atoms with Gasteiger partial charge in [0.05, 0.1) is 30.0 Å². The number of hydrogen-bond donors (Lipinski definition) is 1. The molecule has 2 unspecified atom stereocenters.